The summed E-state index contributed by atoms with van der Waals surface area (Å²) in [6.07, 6.45) is 2.38. The van der Waals surface area contributed by atoms with Gasteiger partial charge in [0.1, 0.15) is 0 Å². The predicted octanol–water partition coefficient (Wildman–Crippen LogP) is 2.75. The minimum absolute atomic E-state index is 0.293. The summed E-state index contributed by atoms with van der Waals surface area (Å²) in [6.45, 7) is 6.13. The largest absolute Gasteiger partial charge is 0.420 e. The molecule has 0 saturated heterocycles. The lowest BCUT2D eigenvalue weighted by molar-refractivity contribution is 0.0305. The molecule has 1 unspecified atom stereocenters. The van der Waals surface area contributed by atoms with E-state index < -0.39 is 9.04 Å². The number of hydrogen-bond acceptors (Lipinski definition) is 3. The van der Waals surface area contributed by atoms with E-state index in [0.717, 1.165) is 26.1 Å². The lowest BCUT2D eigenvalue weighted by Gasteiger charge is -2.23. The van der Waals surface area contributed by atoms with Crippen LogP contribution in [0.4, 0.5) is 0 Å². The van der Waals surface area contributed by atoms with Gasteiger partial charge in [-0.2, -0.15) is 0 Å². The molecule has 0 aliphatic carbocycles. The number of fused-ring (bicyclic) bond motifs is 1. The predicted molar refractivity (Wildman–Crippen MR) is 66.2 cm³/mol. The van der Waals surface area contributed by atoms with Crippen molar-refractivity contribution in [2.45, 2.75) is 32.0 Å². The van der Waals surface area contributed by atoms with Gasteiger partial charge in [-0.05, 0) is 36.5 Å². The summed E-state index contributed by atoms with van der Waals surface area (Å²) in [5.41, 5.74) is 1.48. The van der Waals surface area contributed by atoms with Crippen molar-refractivity contribution in [2.24, 2.45) is 0 Å². The summed E-state index contributed by atoms with van der Waals surface area (Å²) in [6, 6.07) is 2.23. The zero-order valence-electron chi connectivity index (χ0n) is 9.36. The molecule has 0 aromatic carbocycles. The highest BCUT2D eigenvalue weighted by Gasteiger charge is 2.21. The van der Waals surface area contributed by atoms with E-state index in [-0.39, 0.29) is 0 Å². The number of hydrogen-bond donors (Lipinski definition) is 0. The maximum Gasteiger partial charge on any atom is 0.170 e. The third-order valence-corrected chi connectivity index (χ3v) is 4.55. The Morgan fingerprint density at radius 2 is 2.47 bits per heavy atom. The van der Waals surface area contributed by atoms with Gasteiger partial charge in [-0.1, -0.05) is 0 Å². The summed E-state index contributed by atoms with van der Waals surface area (Å²) in [7, 11) is -0.866. The summed E-state index contributed by atoms with van der Waals surface area (Å²) in [5.74, 6) is 0. The van der Waals surface area contributed by atoms with E-state index in [0.29, 0.717) is 6.10 Å². The first kappa shape index (κ1) is 11.3. The molecule has 1 aliphatic heterocycles. The van der Waals surface area contributed by atoms with Crippen molar-refractivity contribution in [1.29, 1.82) is 0 Å². The smallest absolute Gasteiger partial charge is 0.170 e. The molecule has 2 nitrogen and oxygen atoms in total. The fourth-order valence-electron chi connectivity index (χ4n) is 1.85. The molecule has 1 aromatic heterocycles. The lowest BCUT2D eigenvalue weighted by Crippen LogP contribution is -2.17. The van der Waals surface area contributed by atoms with Crippen LogP contribution in [0.2, 0.25) is 13.1 Å². The van der Waals surface area contributed by atoms with Crippen molar-refractivity contribution in [3.8, 4) is 0 Å². The molecule has 0 amide bonds. The highest BCUT2D eigenvalue weighted by molar-refractivity contribution is 7.10. The summed E-state index contributed by atoms with van der Waals surface area (Å²) in [4.78, 5) is 1.43. The molecular formula is C11H18O2SSi. The average Bonchev–Trinajstić information content (AvgIpc) is 2.65. The second-order valence-corrected chi connectivity index (χ2v) is 7.51. The first-order valence-corrected chi connectivity index (χ1v) is 9.23. The van der Waals surface area contributed by atoms with Gasteiger partial charge in [0.25, 0.3) is 0 Å². The SMILES string of the molecule is C[SiH](C)OCCC1OCCc2ccsc21. The minimum Gasteiger partial charge on any atom is -0.420 e. The van der Waals surface area contributed by atoms with Gasteiger partial charge < -0.3 is 9.16 Å². The van der Waals surface area contributed by atoms with E-state index >= 15 is 0 Å². The van der Waals surface area contributed by atoms with Gasteiger partial charge in [-0.25, -0.2) is 0 Å². The molecule has 1 aromatic rings. The van der Waals surface area contributed by atoms with Crippen LogP contribution in [0.3, 0.4) is 0 Å². The molecule has 0 N–H and O–H groups in total. The van der Waals surface area contributed by atoms with E-state index in [2.05, 4.69) is 24.5 Å². The lowest BCUT2D eigenvalue weighted by atomic mass is 10.1. The van der Waals surface area contributed by atoms with Gasteiger partial charge in [0.2, 0.25) is 0 Å². The topological polar surface area (TPSA) is 18.5 Å². The number of rotatable bonds is 4. The highest BCUT2D eigenvalue weighted by atomic mass is 32.1. The molecular weight excluding hydrogens is 224 g/mol. The molecule has 0 spiro atoms. The fourth-order valence-corrected chi connectivity index (χ4v) is 3.49. The Hall–Kier alpha value is -0.163. The summed E-state index contributed by atoms with van der Waals surface area (Å²) in [5, 5.41) is 2.17. The van der Waals surface area contributed by atoms with Crippen molar-refractivity contribution in [3.63, 3.8) is 0 Å². The van der Waals surface area contributed by atoms with E-state index in [4.69, 9.17) is 9.16 Å². The monoisotopic (exact) mass is 242 g/mol. The van der Waals surface area contributed by atoms with Gasteiger partial charge in [0.05, 0.1) is 12.7 Å². The Kier molecular flexibility index (Phi) is 3.97. The van der Waals surface area contributed by atoms with E-state index in [1.54, 1.807) is 0 Å². The van der Waals surface area contributed by atoms with Gasteiger partial charge in [-0.15, -0.1) is 11.3 Å². The quantitative estimate of drug-likeness (QED) is 0.756. The molecule has 0 fully saturated rings. The average molecular weight is 242 g/mol. The first-order valence-electron chi connectivity index (χ1n) is 5.57. The van der Waals surface area contributed by atoms with Crippen molar-refractivity contribution in [2.75, 3.05) is 13.2 Å². The first-order chi connectivity index (χ1) is 7.27. The van der Waals surface area contributed by atoms with Crippen molar-refractivity contribution < 1.29 is 9.16 Å². The van der Waals surface area contributed by atoms with Crippen LogP contribution in [-0.4, -0.2) is 22.3 Å². The van der Waals surface area contributed by atoms with Gasteiger partial charge >= 0.3 is 0 Å². The molecule has 1 aliphatic rings. The van der Waals surface area contributed by atoms with Crippen LogP contribution < -0.4 is 0 Å². The van der Waals surface area contributed by atoms with Crippen molar-refractivity contribution in [1.82, 2.24) is 0 Å². The Bertz CT molecular complexity index is 311. The third kappa shape index (κ3) is 2.90. The van der Waals surface area contributed by atoms with Crippen LogP contribution in [0.25, 0.3) is 0 Å². The maximum atomic E-state index is 5.79. The summed E-state index contributed by atoms with van der Waals surface area (Å²) < 4.78 is 11.5. The Labute approximate surface area is 96.9 Å². The second kappa shape index (κ2) is 5.25. The van der Waals surface area contributed by atoms with Crippen LogP contribution in [0, 0.1) is 0 Å². The van der Waals surface area contributed by atoms with Crippen LogP contribution in [0.15, 0.2) is 11.4 Å². The fraction of sp³-hybridized carbons (Fsp3) is 0.636. The minimum atomic E-state index is -0.866. The normalized spacial score (nSPS) is 20.6. The van der Waals surface area contributed by atoms with Gasteiger partial charge in [-0.3, -0.25) is 0 Å². The number of ether oxygens (including phenoxy) is 1. The van der Waals surface area contributed by atoms with Crippen LogP contribution in [0.1, 0.15) is 23.0 Å². The molecule has 15 heavy (non-hydrogen) atoms. The van der Waals surface area contributed by atoms with Gasteiger partial charge in [0.15, 0.2) is 9.04 Å². The van der Waals surface area contributed by atoms with Crippen LogP contribution in [-0.2, 0) is 15.6 Å². The molecule has 2 heterocycles. The Morgan fingerprint density at radius 3 is 3.27 bits per heavy atom. The van der Waals surface area contributed by atoms with E-state index in [1.165, 1.54) is 10.4 Å². The molecule has 1 atom stereocenters. The van der Waals surface area contributed by atoms with Crippen molar-refractivity contribution >= 4 is 20.4 Å². The van der Waals surface area contributed by atoms with Gasteiger partial charge in [0, 0.05) is 17.9 Å². The standard InChI is InChI=1S/C11H18O2SSi/c1-15(2)13-7-4-10-11-9(3-6-12-10)5-8-14-11/h5,8,10,15H,3-4,6-7H2,1-2H3. The Balaban J connectivity index is 1.89. The van der Waals surface area contributed by atoms with E-state index in [9.17, 15) is 0 Å². The van der Waals surface area contributed by atoms with Crippen LogP contribution in [0.5, 0.6) is 0 Å². The maximum absolute atomic E-state index is 5.79. The third-order valence-electron chi connectivity index (χ3n) is 2.59. The number of thiophene rings is 1. The summed E-state index contributed by atoms with van der Waals surface area (Å²) >= 11 is 1.82. The molecule has 0 bridgehead atoms. The zero-order chi connectivity index (χ0) is 10.7. The molecule has 2 rings (SSSR count). The molecule has 4 heteroatoms. The van der Waals surface area contributed by atoms with Crippen molar-refractivity contribution in [3.05, 3.63) is 21.9 Å². The highest BCUT2D eigenvalue weighted by Crippen LogP contribution is 2.33. The molecule has 84 valence electrons. The zero-order valence-corrected chi connectivity index (χ0v) is 11.3. The molecule has 0 saturated carbocycles. The van der Waals surface area contributed by atoms with Crippen LogP contribution >= 0.6 is 11.3 Å². The van der Waals surface area contributed by atoms with E-state index in [1.807, 2.05) is 11.3 Å². The Morgan fingerprint density at radius 1 is 1.60 bits per heavy atom. The second-order valence-electron chi connectivity index (χ2n) is 4.13. The molecule has 0 radical (unpaired) electrons.